The lowest BCUT2D eigenvalue weighted by atomic mass is 9.91. The Morgan fingerprint density at radius 1 is 0.912 bits per heavy atom. The fraction of sp³-hybridized carbons (Fsp3) is 0.393. The SMILES string of the molecule is COc1ccc(-c2cc(NC3CCC(N)CC3)cc(-c3cccc(OCCN(C)C)c3)n2)cc1. The fourth-order valence-electron chi connectivity index (χ4n) is 4.26. The van der Waals surface area contributed by atoms with Crippen molar-refractivity contribution < 1.29 is 9.47 Å². The summed E-state index contributed by atoms with van der Waals surface area (Å²) < 4.78 is 11.3. The molecule has 0 aliphatic heterocycles. The lowest BCUT2D eigenvalue weighted by Crippen LogP contribution is -2.32. The second-order valence-electron chi connectivity index (χ2n) is 9.29. The first-order valence-electron chi connectivity index (χ1n) is 12.1. The van der Waals surface area contributed by atoms with Crippen molar-refractivity contribution in [1.29, 1.82) is 0 Å². The Hall–Kier alpha value is -3.09. The number of methoxy groups -OCH3 is 1. The number of anilines is 1. The van der Waals surface area contributed by atoms with Gasteiger partial charge in [0.2, 0.25) is 0 Å². The molecule has 0 spiro atoms. The standard InChI is InChI=1S/C28H36N4O2/c1-32(2)15-16-34-26-6-4-5-21(17-26)28-19-24(30-23-11-9-22(29)10-12-23)18-27(31-28)20-7-13-25(33-3)14-8-20/h4-8,13-14,17-19,22-23H,9-12,15-16,29H2,1-3H3,(H,30,31). The number of nitrogens with zero attached hydrogens (tertiary/aromatic N) is 2. The molecule has 3 N–H and O–H groups in total. The van der Waals surface area contributed by atoms with E-state index in [0.717, 1.165) is 71.9 Å². The summed E-state index contributed by atoms with van der Waals surface area (Å²) in [5.74, 6) is 1.69. The van der Waals surface area contributed by atoms with Gasteiger partial charge in [0.15, 0.2) is 0 Å². The number of nitrogens with one attached hydrogen (secondary N) is 1. The van der Waals surface area contributed by atoms with Crippen LogP contribution < -0.4 is 20.5 Å². The van der Waals surface area contributed by atoms with Gasteiger partial charge < -0.3 is 25.4 Å². The van der Waals surface area contributed by atoms with Gasteiger partial charge in [-0.3, -0.25) is 0 Å². The average molecular weight is 461 g/mol. The molecular formula is C28H36N4O2. The molecule has 0 bridgehead atoms. The summed E-state index contributed by atoms with van der Waals surface area (Å²) in [7, 11) is 5.77. The number of nitrogens with two attached hydrogens (primary N) is 1. The highest BCUT2D eigenvalue weighted by Gasteiger charge is 2.19. The molecule has 1 aliphatic carbocycles. The van der Waals surface area contributed by atoms with Crippen molar-refractivity contribution >= 4 is 5.69 Å². The maximum atomic E-state index is 6.12. The first kappa shape index (κ1) is 24.0. The molecule has 0 unspecified atom stereocenters. The predicted octanol–water partition coefficient (Wildman–Crippen LogP) is 5.05. The Morgan fingerprint density at radius 2 is 1.62 bits per heavy atom. The molecule has 1 fully saturated rings. The van der Waals surface area contributed by atoms with E-state index in [2.05, 4.69) is 46.6 Å². The first-order valence-corrected chi connectivity index (χ1v) is 12.1. The lowest BCUT2D eigenvalue weighted by Gasteiger charge is -2.28. The van der Waals surface area contributed by atoms with Gasteiger partial charge in [0.05, 0.1) is 18.5 Å². The van der Waals surface area contributed by atoms with Gasteiger partial charge in [-0.15, -0.1) is 0 Å². The van der Waals surface area contributed by atoms with Gasteiger partial charge >= 0.3 is 0 Å². The maximum Gasteiger partial charge on any atom is 0.120 e. The van der Waals surface area contributed by atoms with E-state index >= 15 is 0 Å². The Kier molecular flexibility index (Phi) is 8.03. The van der Waals surface area contributed by atoms with E-state index in [1.54, 1.807) is 7.11 Å². The van der Waals surface area contributed by atoms with E-state index in [1.165, 1.54) is 0 Å². The van der Waals surface area contributed by atoms with Crippen molar-refractivity contribution in [3.8, 4) is 34.0 Å². The molecule has 4 rings (SSSR count). The predicted molar refractivity (Wildman–Crippen MR) is 140 cm³/mol. The van der Waals surface area contributed by atoms with Crippen LogP contribution in [0.4, 0.5) is 5.69 Å². The van der Waals surface area contributed by atoms with Crippen LogP contribution in [0.5, 0.6) is 11.5 Å². The molecule has 2 aromatic carbocycles. The third-order valence-electron chi connectivity index (χ3n) is 6.29. The Bertz CT molecular complexity index is 1060. The van der Waals surface area contributed by atoms with Crippen LogP contribution in [0.15, 0.2) is 60.7 Å². The Balaban J connectivity index is 1.64. The van der Waals surface area contributed by atoms with E-state index in [4.69, 9.17) is 20.2 Å². The summed E-state index contributed by atoms with van der Waals surface area (Å²) in [5.41, 5.74) is 11.1. The summed E-state index contributed by atoms with van der Waals surface area (Å²) in [5, 5.41) is 3.75. The molecule has 0 saturated heterocycles. The second kappa shape index (κ2) is 11.4. The largest absolute Gasteiger partial charge is 0.497 e. The number of aromatic nitrogens is 1. The quantitative estimate of drug-likeness (QED) is 0.466. The molecular weight excluding hydrogens is 424 g/mol. The van der Waals surface area contributed by atoms with Crippen molar-refractivity contribution in [1.82, 2.24) is 9.88 Å². The molecule has 6 nitrogen and oxygen atoms in total. The molecule has 6 heteroatoms. The summed E-state index contributed by atoms with van der Waals surface area (Å²) >= 11 is 0. The minimum absolute atomic E-state index is 0.330. The van der Waals surface area contributed by atoms with Crippen molar-refractivity contribution in [3.05, 3.63) is 60.7 Å². The minimum atomic E-state index is 0.330. The van der Waals surface area contributed by atoms with E-state index in [0.29, 0.717) is 18.7 Å². The highest BCUT2D eigenvalue weighted by molar-refractivity contribution is 5.73. The number of hydrogen-bond donors (Lipinski definition) is 2. The Labute approximate surface area is 203 Å². The van der Waals surface area contributed by atoms with Gasteiger partial charge in [0.1, 0.15) is 18.1 Å². The highest BCUT2D eigenvalue weighted by atomic mass is 16.5. The summed E-state index contributed by atoms with van der Waals surface area (Å²) in [4.78, 5) is 7.13. The molecule has 0 atom stereocenters. The monoisotopic (exact) mass is 460 g/mol. The van der Waals surface area contributed by atoms with Crippen LogP contribution in [0.3, 0.4) is 0 Å². The van der Waals surface area contributed by atoms with Gasteiger partial charge in [0, 0.05) is 35.4 Å². The zero-order valence-corrected chi connectivity index (χ0v) is 20.5. The molecule has 0 radical (unpaired) electrons. The molecule has 0 amide bonds. The van der Waals surface area contributed by atoms with Crippen molar-refractivity contribution in [2.45, 2.75) is 37.8 Å². The second-order valence-corrected chi connectivity index (χ2v) is 9.29. The third kappa shape index (κ3) is 6.49. The van der Waals surface area contributed by atoms with E-state index < -0.39 is 0 Å². The number of rotatable bonds is 9. The van der Waals surface area contributed by atoms with Crippen LogP contribution in [0, 0.1) is 0 Å². The van der Waals surface area contributed by atoms with Gasteiger partial charge in [-0.25, -0.2) is 4.98 Å². The zero-order chi connectivity index (χ0) is 23.9. The van der Waals surface area contributed by atoms with Gasteiger partial charge in [-0.2, -0.15) is 0 Å². The topological polar surface area (TPSA) is 72.6 Å². The van der Waals surface area contributed by atoms with Crippen molar-refractivity contribution in [3.63, 3.8) is 0 Å². The molecule has 1 heterocycles. The lowest BCUT2D eigenvalue weighted by molar-refractivity contribution is 0.261. The summed E-state index contributed by atoms with van der Waals surface area (Å²) in [6.07, 6.45) is 4.30. The van der Waals surface area contributed by atoms with Crippen molar-refractivity contribution in [2.24, 2.45) is 5.73 Å². The van der Waals surface area contributed by atoms with Crippen LogP contribution >= 0.6 is 0 Å². The van der Waals surface area contributed by atoms with Gasteiger partial charge in [0.25, 0.3) is 0 Å². The number of pyridine rings is 1. The fourth-order valence-corrected chi connectivity index (χ4v) is 4.26. The number of benzene rings is 2. The van der Waals surface area contributed by atoms with Gasteiger partial charge in [-0.1, -0.05) is 12.1 Å². The summed E-state index contributed by atoms with van der Waals surface area (Å²) in [6.45, 7) is 1.51. The van der Waals surface area contributed by atoms with Crippen LogP contribution in [-0.2, 0) is 0 Å². The normalized spacial score (nSPS) is 18.0. The van der Waals surface area contributed by atoms with Crippen LogP contribution in [-0.4, -0.2) is 56.3 Å². The zero-order valence-electron chi connectivity index (χ0n) is 20.5. The molecule has 34 heavy (non-hydrogen) atoms. The number of hydrogen-bond acceptors (Lipinski definition) is 6. The number of likely N-dealkylation sites (N-methyl/N-ethyl adjacent to an activating group) is 1. The molecule has 180 valence electrons. The van der Waals surface area contributed by atoms with Crippen LogP contribution in [0.1, 0.15) is 25.7 Å². The van der Waals surface area contributed by atoms with Crippen LogP contribution in [0.25, 0.3) is 22.5 Å². The molecule has 3 aromatic rings. The molecule has 1 aromatic heterocycles. The van der Waals surface area contributed by atoms with Crippen LogP contribution in [0.2, 0.25) is 0 Å². The third-order valence-corrected chi connectivity index (χ3v) is 6.29. The van der Waals surface area contributed by atoms with Gasteiger partial charge in [-0.05, 0) is 88.3 Å². The smallest absolute Gasteiger partial charge is 0.120 e. The van der Waals surface area contributed by atoms with Crippen molar-refractivity contribution in [2.75, 3.05) is 39.7 Å². The highest BCUT2D eigenvalue weighted by Crippen LogP contribution is 2.31. The minimum Gasteiger partial charge on any atom is -0.497 e. The van der Waals surface area contributed by atoms with E-state index in [-0.39, 0.29) is 0 Å². The van der Waals surface area contributed by atoms with E-state index in [9.17, 15) is 0 Å². The maximum absolute atomic E-state index is 6.12. The van der Waals surface area contributed by atoms with E-state index in [1.807, 2.05) is 38.4 Å². The molecule has 1 saturated carbocycles. The molecule has 1 aliphatic rings. The number of ether oxygens (including phenoxy) is 2. The summed E-state index contributed by atoms with van der Waals surface area (Å²) in [6, 6.07) is 21.3. The first-order chi connectivity index (χ1) is 16.5. The average Bonchev–Trinajstić information content (AvgIpc) is 2.85. The Morgan fingerprint density at radius 3 is 2.29 bits per heavy atom.